The average Bonchev–Trinajstić information content (AvgIpc) is 2.60. The fourth-order valence-electron chi connectivity index (χ4n) is 2.04. The number of benzene rings is 2. The van der Waals surface area contributed by atoms with Gasteiger partial charge in [-0.1, -0.05) is 23.7 Å². The average molecular weight is 397 g/mol. The van der Waals surface area contributed by atoms with E-state index in [1.165, 1.54) is 44.3 Å². The number of likely N-dealkylation sites (N-methyl/N-ethyl adjacent to an activating group) is 1. The summed E-state index contributed by atoms with van der Waals surface area (Å²) in [6.07, 6.45) is -1.00. The molecule has 0 radical (unpaired) electrons. The topological polar surface area (TPSA) is 102 Å². The summed E-state index contributed by atoms with van der Waals surface area (Å²) in [5, 5.41) is 2.74. The highest BCUT2D eigenvalue weighted by Gasteiger charge is 2.20. The molecule has 26 heavy (non-hydrogen) atoms. The van der Waals surface area contributed by atoms with Gasteiger partial charge in [0.2, 0.25) is 0 Å². The van der Waals surface area contributed by atoms with Crippen molar-refractivity contribution in [1.82, 2.24) is 5.32 Å². The largest absolute Gasteiger partial charge is 0.449 e. The fourth-order valence-corrected chi connectivity index (χ4v) is 3.33. The van der Waals surface area contributed by atoms with Crippen molar-refractivity contribution >= 4 is 39.2 Å². The van der Waals surface area contributed by atoms with Crippen molar-refractivity contribution in [2.24, 2.45) is 0 Å². The molecule has 1 atom stereocenters. The molecule has 9 heteroatoms. The maximum Gasteiger partial charge on any atom is 0.338 e. The van der Waals surface area contributed by atoms with E-state index in [1.54, 1.807) is 18.2 Å². The molecule has 2 rings (SSSR count). The van der Waals surface area contributed by atoms with E-state index in [4.69, 9.17) is 16.3 Å². The first kappa shape index (κ1) is 19.7. The van der Waals surface area contributed by atoms with Gasteiger partial charge in [0.1, 0.15) is 0 Å². The third-order valence-corrected chi connectivity index (χ3v) is 4.97. The first-order valence-electron chi connectivity index (χ1n) is 7.54. The number of anilines is 1. The number of nitrogens with one attached hydrogen (secondary N) is 2. The van der Waals surface area contributed by atoms with E-state index in [-0.39, 0.29) is 10.5 Å². The maximum absolute atomic E-state index is 12.5. The Balaban J connectivity index is 2.22. The number of ether oxygens (including phenoxy) is 1. The standard InChI is InChI=1S/C17H17ClN2O5S/c1-11(16(21)19-2)25-17(22)12-5-3-8-15(9-12)26(23,24)20-14-7-4-6-13(18)10-14/h3-11,20H,1-2H3,(H,19,21)/t11-/m0/s1. The summed E-state index contributed by atoms with van der Waals surface area (Å²) in [6.45, 7) is 1.41. The van der Waals surface area contributed by atoms with E-state index >= 15 is 0 Å². The lowest BCUT2D eigenvalue weighted by molar-refractivity contribution is -0.128. The molecule has 0 fully saturated rings. The van der Waals surface area contributed by atoms with E-state index in [9.17, 15) is 18.0 Å². The summed E-state index contributed by atoms with van der Waals surface area (Å²) in [5.74, 6) is -1.27. The van der Waals surface area contributed by atoms with E-state index in [0.717, 1.165) is 0 Å². The van der Waals surface area contributed by atoms with Crippen LogP contribution in [0.3, 0.4) is 0 Å². The van der Waals surface area contributed by atoms with Gasteiger partial charge in [-0.2, -0.15) is 0 Å². The molecule has 0 unspecified atom stereocenters. The molecular weight excluding hydrogens is 380 g/mol. The Morgan fingerprint density at radius 3 is 2.46 bits per heavy atom. The zero-order chi connectivity index (χ0) is 19.3. The van der Waals surface area contributed by atoms with Crippen LogP contribution in [0, 0.1) is 0 Å². The lowest BCUT2D eigenvalue weighted by Crippen LogP contribution is -2.33. The first-order chi connectivity index (χ1) is 12.2. The van der Waals surface area contributed by atoms with Crippen molar-refractivity contribution in [2.45, 2.75) is 17.9 Å². The Labute approximate surface area is 156 Å². The molecule has 1 amide bonds. The molecule has 0 bridgehead atoms. The Morgan fingerprint density at radius 2 is 1.81 bits per heavy atom. The van der Waals surface area contributed by atoms with Gasteiger partial charge in [0.05, 0.1) is 16.1 Å². The molecule has 2 N–H and O–H groups in total. The molecule has 7 nitrogen and oxygen atoms in total. The first-order valence-corrected chi connectivity index (χ1v) is 9.40. The number of hydrogen-bond acceptors (Lipinski definition) is 5. The number of sulfonamides is 1. The minimum Gasteiger partial charge on any atom is -0.449 e. The van der Waals surface area contributed by atoms with Crippen LogP contribution in [0.4, 0.5) is 5.69 Å². The van der Waals surface area contributed by atoms with Crippen molar-refractivity contribution in [3.63, 3.8) is 0 Å². The van der Waals surface area contributed by atoms with E-state index in [2.05, 4.69) is 10.0 Å². The molecule has 2 aromatic carbocycles. The van der Waals surface area contributed by atoms with Gasteiger partial charge in [0, 0.05) is 12.1 Å². The predicted octanol–water partition coefficient (Wildman–Crippen LogP) is 2.43. The van der Waals surface area contributed by atoms with E-state index < -0.39 is 28.0 Å². The quantitative estimate of drug-likeness (QED) is 0.730. The second kappa shape index (κ2) is 8.20. The Morgan fingerprint density at radius 1 is 1.12 bits per heavy atom. The Hall–Kier alpha value is -2.58. The maximum atomic E-state index is 12.5. The van der Waals surface area contributed by atoms with Gasteiger partial charge in [-0.15, -0.1) is 0 Å². The second-order valence-electron chi connectivity index (χ2n) is 5.31. The normalized spacial score (nSPS) is 12.1. The lowest BCUT2D eigenvalue weighted by Gasteiger charge is -2.12. The van der Waals surface area contributed by atoms with Crippen LogP contribution < -0.4 is 10.0 Å². The molecule has 2 aromatic rings. The third kappa shape index (κ3) is 4.96. The molecule has 0 aliphatic heterocycles. The number of carbonyl (C=O) groups excluding carboxylic acids is 2. The number of esters is 1. The zero-order valence-electron chi connectivity index (χ0n) is 14.0. The van der Waals surface area contributed by atoms with Crippen LogP contribution in [0.25, 0.3) is 0 Å². The van der Waals surface area contributed by atoms with Crippen LogP contribution in [0.1, 0.15) is 17.3 Å². The fraction of sp³-hybridized carbons (Fsp3) is 0.176. The predicted molar refractivity (Wildman–Crippen MR) is 97.6 cm³/mol. The second-order valence-corrected chi connectivity index (χ2v) is 7.42. The zero-order valence-corrected chi connectivity index (χ0v) is 15.6. The minimum absolute atomic E-state index is 0.00900. The van der Waals surface area contributed by atoms with Crippen LogP contribution in [0.2, 0.25) is 5.02 Å². The van der Waals surface area contributed by atoms with Gasteiger partial charge in [-0.05, 0) is 43.3 Å². The van der Waals surface area contributed by atoms with Crippen LogP contribution in [-0.4, -0.2) is 33.4 Å². The lowest BCUT2D eigenvalue weighted by atomic mass is 10.2. The van der Waals surface area contributed by atoms with E-state index in [1.807, 2.05) is 0 Å². The number of rotatable bonds is 6. The third-order valence-electron chi connectivity index (χ3n) is 3.36. The van der Waals surface area contributed by atoms with Gasteiger partial charge in [-0.3, -0.25) is 9.52 Å². The van der Waals surface area contributed by atoms with Gasteiger partial charge in [0.15, 0.2) is 6.10 Å². The number of halogens is 1. The molecule has 0 saturated heterocycles. The summed E-state index contributed by atoms with van der Waals surface area (Å²) in [6, 6.07) is 11.6. The molecule has 0 heterocycles. The summed E-state index contributed by atoms with van der Waals surface area (Å²) in [7, 11) is -2.51. The summed E-state index contributed by atoms with van der Waals surface area (Å²) < 4.78 is 32.4. The molecular formula is C17H17ClN2O5S. The van der Waals surface area contributed by atoms with Gasteiger partial charge in [-0.25, -0.2) is 13.2 Å². The van der Waals surface area contributed by atoms with Gasteiger partial charge < -0.3 is 10.1 Å². The van der Waals surface area contributed by atoms with Crippen LogP contribution in [0.15, 0.2) is 53.4 Å². The van der Waals surface area contributed by atoms with Crippen LogP contribution in [0.5, 0.6) is 0 Å². The highest BCUT2D eigenvalue weighted by atomic mass is 35.5. The smallest absolute Gasteiger partial charge is 0.338 e. The van der Waals surface area contributed by atoms with Crippen molar-refractivity contribution in [3.8, 4) is 0 Å². The minimum atomic E-state index is -3.93. The van der Waals surface area contributed by atoms with Crippen molar-refractivity contribution in [3.05, 3.63) is 59.1 Å². The molecule has 0 aliphatic rings. The Kier molecular flexibility index (Phi) is 6.23. The van der Waals surface area contributed by atoms with E-state index in [0.29, 0.717) is 10.7 Å². The van der Waals surface area contributed by atoms with Crippen molar-refractivity contribution in [1.29, 1.82) is 0 Å². The number of amides is 1. The molecule has 138 valence electrons. The van der Waals surface area contributed by atoms with Gasteiger partial charge >= 0.3 is 5.97 Å². The van der Waals surface area contributed by atoms with Gasteiger partial charge in [0.25, 0.3) is 15.9 Å². The van der Waals surface area contributed by atoms with Crippen LogP contribution in [-0.2, 0) is 19.6 Å². The molecule has 0 aromatic heterocycles. The molecule has 0 spiro atoms. The van der Waals surface area contributed by atoms with Crippen molar-refractivity contribution in [2.75, 3.05) is 11.8 Å². The number of carbonyl (C=O) groups is 2. The van der Waals surface area contributed by atoms with Crippen molar-refractivity contribution < 1.29 is 22.7 Å². The summed E-state index contributed by atoms with van der Waals surface area (Å²) in [4.78, 5) is 23.4. The highest BCUT2D eigenvalue weighted by Crippen LogP contribution is 2.20. The summed E-state index contributed by atoms with van der Waals surface area (Å²) in [5.41, 5.74) is 0.299. The monoisotopic (exact) mass is 396 g/mol. The number of hydrogen-bond donors (Lipinski definition) is 2. The SMILES string of the molecule is CNC(=O)[C@H](C)OC(=O)c1cccc(S(=O)(=O)Nc2cccc(Cl)c2)c1. The highest BCUT2D eigenvalue weighted by molar-refractivity contribution is 7.92. The molecule has 0 aliphatic carbocycles. The Bertz CT molecular complexity index is 930. The summed E-state index contributed by atoms with van der Waals surface area (Å²) >= 11 is 5.84. The van der Waals surface area contributed by atoms with Crippen LogP contribution >= 0.6 is 11.6 Å². The molecule has 0 saturated carbocycles.